The number of hydrogen-bond donors (Lipinski definition) is 2. The SMILES string of the molecule is CCCO.CCc1ccc2c(c1)CCC(c1ccsc1)N2. The molecule has 3 heteroatoms. The van der Waals surface area contributed by atoms with E-state index in [2.05, 4.69) is 47.3 Å². The summed E-state index contributed by atoms with van der Waals surface area (Å²) in [6.07, 6.45) is 4.40. The molecule has 0 radical (unpaired) electrons. The lowest BCUT2D eigenvalue weighted by atomic mass is 9.93. The number of benzene rings is 1. The number of rotatable bonds is 3. The molecule has 3 rings (SSSR count). The topological polar surface area (TPSA) is 32.3 Å². The normalized spacial score (nSPS) is 16.4. The Morgan fingerprint density at radius 3 is 2.71 bits per heavy atom. The first-order chi connectivity index (χ1) is 10.3. The van der Waals surface area contributed by atoms with Crippen molar-refractivity contribution in [3.05, 3.63) is 51.7 Å². The van der Waals surface area contributed by atoms with E-state index in [1.54, 1.807) is 11.3 Å². The van der Waals surface area contributed by atoms with Gasteiger partial charge in [-0.1, -0.05) is 26.0 Å². The number of nitrogens with one attached hydrogen (secondary N) is 1. The third-order valence-electron chi connectivity index (χ3n) is 3.78. The molecule has 114 valence electrons. The number of fused-ring (bicyclic) bond motifs is 1. The molecule has 0 saturated heterocycles. The number of hydrogen-bond acceptors (Lipinski definition) is 3. The summed E-state index contributed by atoms with van der Waals surface area (Å²) >= 11 is 1.78. The van der Waals surface area contributed by atoms with Crippen LogP contribution in [0.15, 0.2) is 35.0 Å². The van der Waals surface area contributed by atoms with Crippen molar-refractivity contribution in [3.63, 3.8) is 0 Å². The molecule has 2 heterocycles. The van der Waals surface area contributed by atoms with Crippen LogP contribution in [0.4, 0.5) is 5.69 Å². The molecule has 1 aliphatic heterocycles. The summed E-state index contributed by atoms with van der Waals surface area (Å²) in [5.41, 5.74) is 5.68. The van der Waals surface area contributed by atoms with Crippen LogP contribution in [0.2, 0.25) is 0 Å². The van der Waals surface area contributed by atoms with Crippen LogP contribution in [0.1, 0.15) is 49.4 Å². The zero-order valence-electron chi connectivity index (χ0n) is 12.9. The monoisotopic (exact) mass is 303 g/mol. The van der Waals surface area contributed by atoms with Gasteiger partial charge in [0.1, 0.15) is 0 Å². The highest BCUT2D eigenvalue weighted by atomic mass is 32.1. The maximum atomic E-state index is 7.88. The van der Waals surface area contributed by atoms with Gasteiger partial charge in [0.2, 0.25) is 0 Å². The smallest absolute Gasteiger partial charge is 0.0525 e. The second-order valence-electron chi connectivity index (χ2n) is 5.36. The fraction of sp³-hybridized carbons (Fsp3) is 0.444. The first-order valence-corrected chi connectivity index (χ1v) is 8.74. The Morgan fingerprint density at radius 2 is 2.10 bits per heavy atom. The Morgan fingerprint density at radius 1 is 1.29 bits per heavy atom. The second-order valence-corrected chi connectivity index (χ2v) is 6.14. The lowest BCUT2D eigenvalue weighted by Crippen LogP contribution is -2.17. The average molecular weight is 303 g/mol. The molecule has 1 aliphatic rings. The summed E-state index contributed by atoms with van der Waals surface area (Å²) in [6, 6.07) is 9.57. The predicted molar refractivity (Wildman–Crippen MR) is 92.2 cm³/mol. The highest BCUT2D eigenvalue weighted by Crippen LogP contribution is 2.33. The number of thiophene rings is 1. The van der Waals surface area contributed by atoms with Crippen LogP contribution in [0.5, 0.6) is 0 Å². The van der Waals surface area contributed by atoms with Crippen molar-refractivity contribution in [2.24, 2.45) is 0 Å². The van der Waals surface area contributed by atoms with Crippen LogP contribution in [0.25, 0.3) is 0 Å². The van der Waals surface area contributed by atoms with Gasteiger partial charge < -0.3 is 10.4 Å². The zero-order valence-corrected chi connectivity index (χ0v) is 13.7. The Bertz CT molecular complexity index is 534. The fourth-order valence-electron chi connectivity index (χ4n) is 2.50. The lowest BCUT2D eigenvalue weighted by Gasteiger charge is -2.27. The van der Waals surface area contributed by atoms with Gasteiger partial charge in [0, 0.05) is 12.3 Å². The second kappa shape index (κ2) is 8.20. The quantitative estimate of drug-likeness (QED) is 0.853. The standard InChI is InChI=1S/C15H17NS.C3H8O/c1-2-11-3-5-14-12(9-11)4-6-15(16-14)13-7-8-17-10-13;1-2-3-4/h3,5,7-10,15-16H,2,4,6H2,1H3;4H,2-3H2,1H3. The summed E-state index contributed by atoms with van der Waals surface area (Å²) in [7, 11) is 0. The minimum absolute atomic E-state index is 0.319. The summed E-state index contributed by atoms with van der Waals surface area (Å²) in [5, 5.41) is 15.9. The van der Waals surface area contributed by atoms with E-state index >= 15 is 0 Å². The van der Waals surface area contributed by atoms with E-state index in [1.807, 2.05) is 6.92 Å². The molecule has 1 aromatic carbocycles. The molecule has 0 fully saturated rings. The highest BCUT2D eigenvalue weighted by molar-refractivity contribution is 7.08. The van der Waals surface area contributed by atoms with Crippen molar-refractivity contribution in [3.8, 4) is 0 Å². The molecule has 0 aliphatic carbocycles. The first kappa shape index (κ1) is 16.1. The third kappa shape index (κ3) is 4.32. The van der Waals surface area contributed by atoms with Crippen molar-refractivity contribution in [2.45, 2.75) is 45.6 Å². The summed E-state index contributed by atoms with van der Waals surface area (Å²) in [4.78, 5) is 0. The number of anilines is 1. The van der Waals surface area contributed by atoms with E-state index in [1.165, 1.54) is 35.2 Å². The van der Waals surface area contributed by atoms with Crippen LogP contribution >= 0.6 is 11.3 Å². The van der Waals surface area contributed by atoms with Crippen LogP contribution in [-0.2, 0) is 12.8 Å². The van der Waals surface area contributed by atoms with Gasteiger partial charge in [0.15, 0.2) is 0 Å². The molecule has 1 aromatic heterocycles. The molecule has 1 atom stereocenters. The molecule has 0 bridgehead atoms. The van der Waals surface area contributed by atoms with E-state index in [9.17, 15) is 0 Å². The van der Waals surface area contributed by atoms with E-state index in [0.29, 0.717) is 12.6 Å². The van der Waals surface area contributed by atoms with Crippen molar-refractivity contribution < 1.29 is 5.11 Å². The van der Waals surface area contributed by atoms with Crippen molar-refractivity contribution in [2.75, 3.05) is 11.9 Å². The summed E-state index contributed by atoms with van der Waals surface area (Å²) in [5.74, 6) is 0. The average Bonchev–Trinajstić information content (AvgIpc) is 3.08. The zero-order chi connectivity index (χ0) is 15.1. The minimum Gasteiger partial charge on any atom is -0.396 e. The Kier molecular flexibility index (Phi) is 6.27. The van der Waals surface area contributed by atoms with Gasteiger partial charge in [0.25, 0.3) is 0 Å². The molecule has 0 amide bonds. The summed E-state index contributed by atoms with van der Waals surface area (Å²) < 4.78 is 0. The largest absolute Gasteiger partial charge is 0.396 e. The molecule has 21 heavy (non-hydrogen) atoms. The third-order valence-corrected chi connectivity index (χ3v) is 4.48. The molecular formula is C18H25NOS. The van der Waals surface area contributed by atoms with Gasteiger partial charge in [-0.05, 0) is 65.3 Å². The maximum Gasteiger partial charge on any atom is 0.0525 e. The van der Waals surface area contributed by atoms with Crippen molar-refractivity contribution in [1.82, 2.24) is 0 Å². The van der Waals surface area contributed by atoms with E-state index in [-0.39, 0.29) is 0 Å². The van der Waals surface area contributed by atoms with Gasteiger partial charge in [-0.25, -0.2) is 0 Å². The maximum absolute atomic E-state index is 7.88. The van der Waals surface area contributed by atoms with E-state index in [0.717, 1.165) is 12.8 Å². The van der Waals surface area contributed by atoms with Gasteiger partial charge in [0.05, 0.1) is 6.04 Å². The number of aliphatic hydroxyl groups excluding tert-OH is 1. The van der Waals surface area contributed by atoms with E-state index < -0.39 is 0 Å². The fourth-order valence-corrected chi connectivity index (χ4v) is 3.21. The van der Waals surface area contributed by atoms with Crippen LogP contribution in [0.3, 0.4) is 0 Å². The molecule has 0 spiro atoms. The van der Waals surface area contributed by atoms with Crippen molar-refractivity contribution >= 4 is 17.0 Å². The Labute approximate surface area is 131 Å². The Balaban J connectivity index is 0.000000361. The van der Waals surface area contributed by atoms with Crippen molar-refractivity contribution in [1.29, 1.82) is 0 Å². The molecule has 2 nitrogen and oxygen atoms in total. The number of aliphatic hydroxyl groups is 1. The molecular weight excluding hydrogens is 278 g/mol. The van der Waals surface area contributed by atoms with E-state index in [4.69, 9.17) is 5.11 Å². The first-order valence-electron chi connectivity index (χ1n) is 7.79. The van der Waals surface area contributed by atoms with Gasteiger partial charge in [-0.3, -0.25) is 0 Å². The predicted octanol–water partition coefficient (Wildman–Crippen LogP) is 4.80. The summed E-state index contributed by atoms with van der Waals surface area (Å²) in [6.45, 7) is 4.46. The van der Waals surface area contributed by atoms with Gasteiger partial charge in [-0.15, -0.1) is 0 Å². The molecule has 2 aromatic rings. The molecule has 2 N–H and O–H groups in total. The van der Waals surface area contributed by atoms with Gasteiger partial charge in [-0.2, -0.15) is 11.3 Å². The number of aryl methyl sites for hydroxylation is 2. The lowest BCUT2D eigenvalue weighted by molar-refractivity contribution is 0.295. The Hall–Kier alpha value is -1.32. The highest BCUT2D eigenvalue weighted by Gasteiger charge is 2.19. The van der Waals surface area contributed by atoms with Gasteiger partial charge >= 0.3 is 0 Å². The van der Waals surface area contributed by atoms with Crippen LogP contribution < -0.4 is 5.32 Å². The van der Waals surface area contributed by atoms with Crippen LogP contribution in [-0.4, -0.2) is 11.7 Å². The van der Waals surface area contributed by atoms with Crippen LogP contribution in [0, 0.1) is 0 Å². The minimum atomic E-state index is 0.319. The molecule has 1 unspecified atom stereocenters. The molecule has 0 saturated carbocycles.